The quantitative estimate of drug-likeness (QED) is 0.593. The third-order valence-electron chi connectivity index (χ3n) is 1.71. The second-order valence-corrected chi connectivity index (χ2v) is 2.63. The molecule has 0 aliphatic rings. The zero-order valence-electron chi connectivity index (χ0n) is 7.12. The molecule has 68 valence electrons. The fraction of sp³-hybridized carbons (Fsp3) is 0.571. The molecule has 0 saturated carbocycles. The average molecular weight is 170 g/mol. The first kappa shape index (κ1) is 8.86. The van der Waals surface area contributed by atoms with Crippen molar-refractivity contribution in [3.63, 3.8) is 0 Å². The Morgan fingerprint density at radius 3 is 2.67 bits per heavy atom. The van der Waals surface area contributed by atoms with Gasteiger partial charge in [0.2, 0.25) is 0 Å². The number of aliphatic hydroxyl groups is 1. The maximum Gasteiger partial charge on any atom is 0.169 e. The van der Waals surface area contributed by atoms with Crippen LogP contribution in [0.5, 0.6) is 0 Å². The van der Waals surface area contributed by atoms with Crippen molar-refractivity contribution in [3.05, 3.63) is 5.69 Å². The van der Waals surface area contributed by atoms with Crippen LogP contribution < -0.4 is 11.5 Å². The van der Waals surface area contributed by atoms with Gasteiger partial charge in [0, 0.05) is 6.54 Å². The molecule has 5 nitrogen and oxygen atoms in total. The van der Waals surface area contributed by atoms with Crippen molar-refractivity contribution in [2.24, 2.45) is 0 Å². The molecule has 0 amide bonds. The molecule has 0 bridgehead atoms. The van der Waals surface area contributed by atoms with Crippen molar-refractivity contribution in [1.82, 2.24) is 9.78 Å². The summed E-state index contributed by atoms with van der Waals surface area (Å²) in [6.07, 6.45) is 0.938. The number of aromatic nitrogens is 2. The van der Waals surface area contributed by atoms with E-state index in [2.05, 4.69) is 5.10 Å². The van der Waals surface area contributed by atoms with Crippen LogP contribution in [0.3, 0.4) is 0 Å². The zero-order valence-corrected chi connectivity index (χ0v) is 7.12. The van der Waals surface area contributed by atoms with E-state index in [0.717, 1.165) is 13.0 Å². The Labute approximate surface area is 71.0 Å². The van der Waals surface area contributed by atoms with E-state index in [0.29, 0.717) is 17.2 Å². The van der Waals surface area contributed by atoms with E-state index in [1.807, 2.05) is 6.92 Å². The lowest BCUT2D eigenvalue weighted by atomic mass is 10.3. The highest BCUT2D eigenvalue weighted by Crippen LogP contribution is 2.18. The van der Waals surface area contributed by atoms with Gasteiger partial charge >= 0.3 is 0 Å². The molecule has 0 unspecified atom stereocenters. The number of rotatable bonds is 3. The van der Waals surface area contributed by atoms with Gasteiger partial charge in [-0.2, -0.15) is 5.10 Å². The van der Waals surface area contributed by atoms with Gasteiger partial charge in [-0.05, 0) is 6.42 Å². The molecule has 5 N–H and O–H groups in total. The lowest BCUT2D eigenvalue weighted by molar-refractivity contribution is 0.268. The standard InChI is InChI=1S/C7H14N4O/c1-2-3-11-5(4-12)6(8)7(9)10-11/h12H,2-4,8H2,1H3,(H2,9,10). The SMILES string of the molecule is CCCn1nc(N)c(N)c1CO. The van der Waals surface area contributed by atoms with E-state index in [-0.39, 0.29) is 6.61 Å². The van der Waals surface area contributed by atoms with Crippen molar-refractivity contribution in [2.75, 3.05) is 11.5 Å². The normalized spacial score (nSPS) is 10.5. The molecule has 1 aromatic rings. The highest BCUT2D eigenvalue weighted by atomic mass is 16.3. The topological polar surface area (TPSA) is 90.1 Å². The van der Waals surface area contributed by atoms with Crippen LogP contribution in [0.2, 0.25) is 0 Å². The maximum absolute atomic E-state index is 8.94. The Hall–Kier alpha value is -1.23. The van der Waals surface area contributed by atoms with Crippen LogP contribution in [-0.2, 0) is 13.2 Å². The minimum absolute atomic E-state index is 0.115. The van der Waals surface area contributed by atoms with Gasteiger partial charge in [-0.3, -0.25) is 4.68 Å². The number of nitrogens with zero attached hydrogens (tertiary/aromatic N) is 2. The molecule has 1 aromatic heterocycles. The molecule has 12 heavy (non-hydrogen) atoms. The third-order valence-corrected chi connectivity index (χ3v) is 1.71. The van der Waals surface area contributed by atoms with Gasteiger partial charge in [0.05, 0.1) is 18.0 Å². The van der Waals surface area contributed by atoms with Crippen LogP contribution in [0.4, 0.5) is 11.5 Å². The largest absolute Gasteiger partial charge is 0.394 e. The van der Waals surface area contributed by atoms with Crippen molar-refractivity contribution in [3.8, 4) is 0 Å². The third kappa shape index (κ3) is 1.35. The van der Waals surface area contributed by atoms with Gasteiger partial charge in [0.25, 0.3) is 0 Å². The Kier molecular flexibility index (Phi) is 2.54. The minimum atomic E-state index is -0.115. The van der Waals surface area contributed by atoms with Crippen LogP contribution in [-0.4, -0.2) is 14.9 Å². The number of nitrogen functional groups attached to an aromatic ring is 2. The van der Waals surface area contributed by atoms with Gasteiger partial charge in [-0.1, -0.05) is 6.92 Å². The van der Waals surface area contributed by atoms with Crippen molar-refractivity contribution < 1.29 is 5.11 Å². The van der Waals surface area contributed by atoms with Crippen LogP contribution in [0, 0.1) is 0 Å². The molecule has 0 atom stereocenters. The summed E-state index contributed by atoms with van der Waals surface area (Å²) < 4.78 is 1.64. The van der Waals surface area contributed by atoms with Gasteiger partial charge in [-0.25, -0.2) is 0 Å². The molecule has 0 aliphatic carbocycles. The van der Waals surface area contributed by atoms with Gasteiger partial charge in [0.15, 0.2) is 5.82 Å². The van der Waals surface area contributed by atoms with Gasteiger partial charge < -0.3 is 16.6 Å². The first-order valence-corrected chi connectivity index (χ1v) is 3.92. The fourth-order valence-electron chi connectivity index (χ4n) is 1.09. The van der Waals surface area contributed by atoms with E-state index < -0.39 is 0 Å². The number of aliphatic hydroxyl groups excluding tert-OH is 1. The van der Waals surface area contributed by atoms with Crippen LogP contribution >= 0.6 is 0 Å². The van der Waals surface area contributed by atoms with Gasteiger partial charge in [0.1, 0.15) is 0 Å². The number of nitrogens with two attached hydrogens (primary N) is 2. The molecular formula is C7H14N4O. The lowest BCUT2D eigenvalue weighted by Crippen LogP contribution is -2.05. The number of hydrogen-bond acceptors (Lipinski definition) is 4. The Morgan fingerprint density at radius 1 is 1.50 bits per heavy atom. The number of aryl methyl sites for hydroxylation is 1. The van der Waals surface area contributed by atoms with E-state index >= 15 is 0 Å². The number of anilines is 2. The highest BCUT2D eigenvalue weighted by molar-refractivity contribution is 5.61. The summed E-state index contributed by atoms with van der Waals surface area (Å²) in [5, 5.41) is 12.9. The van der Waals surface area contributed by atoms with E-state index in [1.54, 1.807) is 4.68 Å². The fourth-order valence-corrected chi connectivity index (χ4v) is 1.09. The summed E-state index contributed by atoms with van der Waals surface area (Å²) in [4.78, 5) is 0. The molecular weight excluding hydrogens is 156 g/mol. The zero-order chi connectivity index (χ0) is 9.14. The van der Waals surface area contributed by atoms with E-state index in [4.69, 9.17) is 16.6 Å². The van der Waals surface area contributed by atoms with Crippen LogP contribution in [0.15, 0.2) is 0 Å². The molecule has 0 radical (unpaired) electrons. The molecule has 5 heteroatoms. The second kappa shape index (κ2) is 3.44. The van der Waals surface area contributed by atoms with Crippen LogP contribution in [0.1, 0.15) is 19.0 Å². The van der Waals surface area contributed by atoms with Crippen molar-refractivity contribution >= 4 is 11.5 Å². The number of hydrogen-bond donors (Lipinski definition) is 3. The van der Waals surface area contributed by atoms with Crippen molar-refractivity contribution in [2.45, 2.75) is 26.5 Å². The monoisotopic (exact) mass is 170 g/mol. The maximum atomic E-state index is 8.94. The second-order valence-electron chi connectivity index (χ2n) is 2.63. The predicted octanol–water partition coefficient (Wildman–Crippen LogP) is -0.0502. The van der Waals surface area contributed by atoms with Gasteiger partial charge in [-0.15, -0.1) is 0 Å². The summed E-state index contributed by atoms with van der Waals surface area (Å²) in [5.41, 5.74) is 12.1. The first-order valence-electron chi connectivity index (χ1n) is 3.92. The lowest BCUT2D eigenvalue weighted by Gasteiger charge is -2.02. The average Bonchev–Trinajstić information content (AvgIpc) is 2.29. The molecule has 0 fully saturated rings. The molecule has 0 aromatic carbocycles. The van der Waals surface area contributed by atoms with Crippen molar-refractivity contribution in [1.29, 1.82) is 0 Å². The molecule has 0 aliphatic heterocycles. The molecule has 1 heterocycles. The summed E-state index contributed by atoms with van der Waals surface area (Å²) in [7, 11) is 0. The predicted molar refractivity (Wildman–Crippen MR) is 47.3 cm³/mol. The Morgan fingerprint density at radius 2 is 2.17 bits per heavy atom. The summed E-state index contributed by atoms with van der Waals surface area (Å²) in [5.74, 6) is 0.299. The molecule has 0 spiro atoms. The Bertz CT molecular complexity index is 269. The smallest absolute Gasteiger partial charge is 0.169 e. The molecule has 1 rings (SSSR count). The Balaban J connectivity index is 3.02. The minimum Gasteiger partial charge on any atom is -0.394 e. The van der Waals surface area contributed by atoms with Crippen LogP contribution in [0.25, 0.3) is 0 Å². The summed E-state index contributed by atoms with van der Waals surface area (Å²) in [6.45, 7) is 2.64. The highest BCUT2D eigenvalue weighted by Gasteiger charge is 2.10. The summed E-state index contributed by atoms with van der Waals surface area (Å²) >= 11 is 0. The summed E-state index contributed by atoms with van der Waals surface area (Å²) in [6, 6.07) is 0. The van der Waals surface area contributed by atoms with E-state index in [9.17, 15) is 0 Å². The van der Waals surface area contributed by atoms with E-state index in [1.165, 1.54) is 0 Å². The molecule has 0 saturated heterocycles. The first-order chi connectivity index (χ1) is 5.70.